The second-order valence-electron chi connectivity index (χ2n) is 6.99. The first-order valence-electron chi connectivity index (χ1n) is 7.93. The van der Waals surface area contributed by atoms with Gasteiger partial charge in [-0.05, 0) is 49.5 Å². The molecule has 2 rings (SSSR count). The Hall–Kier alpha value is -0.860. The van der Waals surface area contributed by atoms with E-state index in [4.69, 9.17) is 10.5 Å². The molecule has 1 saturated carbocycles. The van der Waals surface area contributed by atoms with E-state index in [9.17, 15) is 0 Å². The highest BCUT2D eigenvalue weighted by atomic mass is 16.5. The predicted molar refractivity (Wildman–Crippen MR) is 84.7 cm³/mol. The molecule has 2 N–H and O–H groups in total. The maximum atomic E-state index is 6.21. The Labute approximate surface area is 123 Å². The normalized spacial score (nSPS) is 20.8. The van der Waals surface area contributed by atoms with Gasteiger partial charge in [0, 0.05) is 13.2 Å². The molecule has 0 bridgehead atoms. The topological polar surface area (TPSA) is 35.2 Å². The Morgan fingerprint density at radius 2 is 1.70 bits per heavy atom. The quantitative estimate of drug-likeness (QED) is 0.798. The van der Waals surface area contributed by atoms with Gasteiger partial charge < -0.3 is 10.5 Å². The second kappa shape index (κ2) is 6.73. The van der Waals surface area contributed by atoms with Crippen molar-refractivity contribution in [3.63, 3.8) is 0 Å². The van der Waals surface area contributed by atoms with E-state index >= 15 is 0 Å². The van der Waals surface area contributed by atoms with E-state index in [0.29, 0.717) is 12.0 Å². The van der Waals surface area contributed by atoms with E-state index in [1.165, 1.54) is 18.4 Å². The largest absolute Gasteiger partial charge is 0.374 e. The molecule has 1 aliphatic carbocycles. The molecule has 112 valence electrons. The van der Waals surface area contributed by atoms with Gasteiger partial charge in [-0.1, -0.05) is 44.2 Å². The van der Waals surface area contributed by atoms with Crippen LogP contribution in [0.3, 0.4) is 0 Å². The third-order valence-electron chi connectivity index (χ3n) is 4.75. The van der Waals surface area contributed by atoms with Crippen LogP contribution in [0.4, 0.5) is 0 Å². The molecule has 0 amide bonds. The number of nitrogens with two attached hydrogens (primary N) is 1. The summed E-state index contributed by atoms with van der Waals surface area (Å²) in [5.41, 5.74) is 7.80. The fourth-order valence-corrected chi connectivity index (χ4v) is 3.00. The lowest BCUT2D eigenvalue weighted by molar-refractivity contribution is -0.0817. The Morgan fingerprint density at radius 1 is 1.05 bits per heavy atom. The second-order valence-corrected chi connectivity index (χ2v) is 6.99. The van der Waals surface area contributed by atoms with Crippen molar-refractivity contribution in [3.05, 3.63) is 35.9 Å². The van der Waals surface area contributed by atoms with Crippen LogP contribution in [0, 0.1) is 5.41 Å². The molecule has 0 atom stereocenters. The molecule has 0 aromatic heterocycles. The highest BCUT2D eigenvalue weighted by molar-refractivity contribution is 5.14. The molecule has 0 unspecified atom stereocenters. The van der Waals surface area contributed by atoms with Gasteiger partial charge in [0.2, 0.25) is 0 Å². The summed E-state index contributed by atoms with van der Waals surface area (Å²) in [6.07, 6.45) is 6.84. The van der Waals surface area contributed by atoms with E-state index < -0.39 is 0 Å². The summed E-state index contributed by atoms with van der Waals surface area (Å²) in [6, 6.07) is 10.6. The van der Waals surface area contributed by atoms with Crippen molar-refractivity contribution >= 4 is 0 Å². The van der Waals surface area contributed by atoms with Gasteiger partial charge in [0.25, 0.3) is 0 Å². The van der Waals surface area contributed by atoms with E-state index in [0.717, 1.165) is 32.3 Å². The molecule has 0 spiro atoms. The molecule has 0 radical (unpaired) electrons. The van der Waals surface area contributed by atoms with E-state index in [2.05, 4.69) is 44.2 Å². The predicted octanol–water partition coefficient (Wildman–Crippen LogP) is 3.93. The summed E-state index contributed by atoms with van der Waals surface area (Å²) >= 11 is 0. The number of aryl methyl sites for hydroxylation is 1. The number of hydrogen-bond donors (Lipinski definition) is 1. The third kappa shape index (κ3) is 4.32. The molecule has 2 nitrogen and oxygen atoms in total. The van der Waals surface area contributed by atoms with Crippen LogP contribution in [0.2, 0.25) is 0 Å². The molecule has 1 fully saturated rings. The summed E-state index contributed by atoms with van der Waals surface area (Å²) in [5.74, 6) is 0. The van der Waals surface area contributed by atoms with Gasteiger partial charge in [-0.25, -0.2) is 0 Å². The number of benzene rings is 1. The van der Waals surface area contributed by atoms with Crippen molar-refractivity contribution in [2.75, 3.05) is 13.2 Å². The van der Waals surface area contributed by atoms with Crippen LogP contribution < -0.4 is 5.73 Å². The third-order valence-corrected chi connectivity index (χ3v) is 4.75. The van der Waals surface area contributed by atoms with Gasteiger partial charge >= 0.3 is 0 Å². The van der Waals surface area contributed by atoms with E-state index in [1.54, 1.807) is 0 Å². The van der Waals surface area contributed by atoms with Crippen LogP contribution in [-0.2, 0) is 11.2 Å². The minimum atomic E-state index is -0.0494. The lowest BCUT2D eigenvalue weighted by Gasteiger charge is -2.42. The summed E-state index contributed by atoms with van der Waals surface area (Å²) in [4.78, 5) is 0. The highest BCUT2D eigenvalue weighted by Crippen LogP contribution is 2.41. The molecule has 0 aliphatic heterocycles. The minimum absolute atomic E-state index is 0.0494. The summed E-state index contributed by atoms with van der Waals surface area (Å²) in [6.45, 7) is 6.19. The van der Waals surface area contributed by atoms with Gasteiger partial charge in [-0.2, -0.15) is 0 Å². The van der Waals surface area contributed by atoms with Crippen molar-refractivity contribution in [2.45, 2.75) is 58.0 Å². The smallest absolute Gasteiger partial charge is 0.0804 e. The van der Waals surface area contributed by atoms with Gasteiger partial charge in [0.15, 0.2) is 0 Å². The van der Waals surface area contributed by atoms with Gasteiger partial charge in [0.05, 0.1) is 5.60 Å². The van der Waals surface area contributed by atoms with Crippen LogP contribution in [0.1, 0.15) is 51.5 Å². The number of hydrogen-bond acceptors (Lipinski definition) is 2. The Kier molecular flexibility index (Phi) is 5.22. The monoisotopic (exact) mass is 275 g/mol. The Bertz CT molecular complexity index is 389. The summed E-state index contributed by atoms with van der Waals surface area (Å²) in [5, 5.41) is 0. The zero-order valence-electron chi connectivity index (χ0n) is 13.0. The average molecular weight is 275 g/mol. The lowest BCUT2D eigenvalue weighted by atomic mass is 9.71. The van der Waals surface area contributed by atoms with Gasteiger partial charge in [-0.15, -0.1) is 0 Å². The van der Waals surface area contributed by atoms with Crippen molar-refractivity contribution in [2.24, 2.45) is 11.1 Å². The van der Waals surface area contributed by atoms with Crippen molar-refractivity contribution in [1.29, 1.82) is 0 Å². The summed E-state index contributed by atoms with van der Waals surface area (Å²) in [7, 11) is 0. The first-order chi connectivity index (χ1) is 9.55. The van der Waals surface area contributed by atoms with E-state index in [1.807, 2.05) is 0 Å². The fourth-order valence-electron chi connectivity index (χ4n) is 3.00. The standard InChI is InChI=1S/C18H29NO/c1-17(2)10-12-18(15-19,13-11-17)20-14-6-9-16-7-4-3-5-8-16/h3-5,7-8H,6,9-15,19H2,1-2H3. The molecular weight excluding hydrogens is 246 g/mol. The SMILES string of the molecule is CC1(C)CCC(CN)(OCCCc2ccccc2)CC1. The maximum absolute atomic E-state index is 6.21. The van der Waals surface area contributed by atoms with Crippen molar-refractivity contribution in [1.82, 2.24) is 0 Å². The zero-order chi connectivity index (χ0) is 14.5. The van der Waals surface area contributed by atoms with E-state index in [-0.39, 0.29) is 5.60 Å². The first kappa shape index (κ1) is 15.5. The van der Waals surface area contributed by atoms with Crippen LogP contribution >= 0.6 is 0 Å². The van der Waals surface area contributed by atoms with Gasteiger partial charge in [-0.3, -0.25) is 0 Å². The van der Waals surface area contributed by atoms with Crippen molar-refractivity contribution in [3.8, 4) is 0 Å². The number of rotatable bonds is 6. The molecule has 20 heavy (non-hydrogen) atoms. The molecule has 1 aromatic carbocycles. The zero-order valence-corrected chi connectivity index (χ0v) is 13.0. The average Bonchev–Trinajstić information content (AvgIpc) is 2.47. The first-order valence-corrected chi connectivity index (χ1v) is 7.93. The summed E-state index contributed by atoms with van der Waals surface area (Å²) < 4.78 is 6.21. The van der Waals surface area contributed by atoms with Crippen LogP contribution in [0.15, 0.2) is 30.3 Å². The highest BCUT2D eigenvalue weighted by Gasteiger charge is 2.37. The Morgan fingerprint density at radius 3 is 2.30 bits per heavy atom. The van der Waals surface area contributed by atoms with Crippen molar-refractivity contribution < 1.29 is 4.74 Å². The Balaban J connectivity index is 1.74. The lowest BCUT2D eigenvalue weighted by Crippen LogP contribution is -2.45. The van der Waals surface area contributed by atoms with Gasteiger partial charge in [0.1, 0.15) is 0 Å². The molecule has 1 aromatic rings. The molecule has 1 aliphatic rings. The molecule has 0 saturated heterocycles. The maximum Gasteiger partial charge on any atom is 0.0804 e. The fraction of sp³-hybridized carbons (Fsp3) is 0.667. The minimum Gasteiger partial charge on any atom is -0.374 e. The number of ether oxygens (including phenoxy) is 1. The van der Waals surface area contributed by atoms with Crippen LogP contribution in [0.5, 0.6) is 0 Å². The van der Waals surface area contributed by atoms with Crippen LogP contribution in [0.25, 0.3) is 0 Å². The molecule has 2 heteroatoms. The molecule has 0 heterocycles. The van der Waals surface area contributed by atoms with Crippen LogP contribution in [-0.4, -0.2) is 18.8 Å². The molecular formula is C18H29NO.